The van der Waals surface area contributed by atoms with E-state index < -0.39 is 0 Å². The molecule has 0 spiro atoms. The molecule has 0 atom stereocenters. The van der Waals surface area contributed by atoms with Crippen molar-refractivity contribution in [2.45, 2.75) is 12.8 Å². The number of rotatable bonds is 10. The van der Waals surface area contributed by atoms with E-state index in [1.165, 1.54) is 72.0 Å². The molecule has 1 aliphatic carbocycles. The van der Waals surface area contributed by atoms with Crippen molar-refractivity contribution in [1.29, 1.82) is 0 Å². The van der Waals surface area contributed by atoms with Gasteiger partial charge in [0.15, 0.2) is 0 Å². The first-order valence-electron chi connectivity index (χ1n) is 19.8. The Morgan fingerprint density at radius 1 is 0.439 bits per heavy atom. The van der Waals surface area contributed by atoms with E-state index in [0.717, 1.165) is 29.9 Å². The molecule has 0 saturated carbocycles. The summed E-state index contributed by atoms with van der Waals surface area (Å²) >= 11 is 0. The third-order valence-corrected chi connectivity index (χ3v) is 10.9. The SMILES string of the molecule is C=C/C=C\C1=CCCC(c2ccc(N(c3ccc(-c4ccc(-c5ccccc5)c(-c5ccccc5)c4)cc3)c3ccc(-c4cccc5ccccc45)cc3)cc2)=C1. The van der Waals surface area contributed by atoms with Crippen molar-refractivity contribution >= 4 is 33.4 Å². The van der Waals surface area contributed by atoms with E-state index in [1.807, 2.05) is 12.2 Å². The molecule has 57 heavy (non-hydrogen) atoms. The number of nitrogens with zero attached hydrogens (tertiary/aromatic N) is 1. The van der Waals surface area contributed by atoms with Crippen LogP contribution in [-0.4, -0.2) is 0 Å². The van der Waals surface area contributed by atoms with Gasteiger partial charge < -0.3 is 4.90 Å². The minimum atomic E-state index is 1.03. The number of fused-ring (bicyclic) bond motifs is 1. The Labute approximate surface area is 336 Å². The Morgan fingerprint density at radius 3 is 1.65 bits per heavy atom. The molecule has 8 aromatic rings. The highest BCUT2D eigenvalue weighted by Gasteiger charge is 2.16. The monoisotopic (exact) mass is 729 g/mol. The summed E-state index contributed by atoms with van der Waals surface area (Å²) in [5.74, 6) is 0. The molecule has 0 N–H and O–H groups in total. The number of hydrogen-bond donors (Lipinski definition) is 0. The fourth-order valence-corrected chi connectivity index (χ4v) is 8.04. The fourth-order valence-electron chi connectivity index (χ4n) is 8.04. The molecule has 1 heteroatoms. The summed E-state index contributed by atoms with van der Waals surface area (Å²) in [4.78, 5) is 2.36. The summed E-state index contributed by atoms with van der Waals surface area (Å²) < 4.78 is 0. The maximum Gasteiger partial charge on any atom is 0.0462 e. The van der Waals surface area contributed by atoms with Gasteiger partial charge >= 0.3 is 0 Å². The van der Waals surface area contributed by atoms with Crippen molar-refractivity contribution in [1.82, 2.24) is 0 Å². The van der Waals surface area contributed by atoms with Crippen molar-refractivity contribution in [3.05, 3.63) is 242 Å². The molecule has 0 amide bonds. The first-order chi connectivity index (χ1) is 28.2. The van der Waals surface area contributed by atoms with Gasteiger partial charge in [0.05, 0.1) is 0 Å². The van der Waals surface area contributed by atoms with Crippen LogP contribution >= 0.6 is 0 Å². The molecule has 0 bridgehead atoms. The van der Waals surface area contributed by atoms with Crippen LogP contribution in [0, 0.1) is 0 Å². The van der Waals surface area contributed by atoms with Crippen LogP contribution < -0.4 is 4.90 Å². The van der Waals surface area contributed by atoms with Gasteiger partial charge in [-0.15, -0.1) is 0 Å². The van der Waals surface area contributed by atoms with Gasteiger partial charge in [-0.05, 0) is 127 Å². The second-order valence-electron chi connectivity index (χ2n) is 14.5. The average Bonchev–Trinajstić information content (AvgIpc) is 3.29. The van der Waals surface area contributed by atoms with Crippen molar-refractivity contribution < 1.29 is 0 Å². The normalized spacial score (nSPS) is 12.6. The average molecular weight is 730 g/mol. The van der Waals surface area contributed by atoms with Crippen LogP contribution in [0.25, 0.3) is 60.9 Å². The Morgan fingerprint density at radius 2 is 0.982 bits per heavy atom. The topological polar surface area (TPSA) is 3.24 Å². The lowest BCUT2D eigenvalue weighted by molar-refractivity contribution is 1.04. The summed E-state index contributed by atoms with van der Waals surface area (Å²) in [6, 6.07) is 70.5. The van der Waals surface area contributed by atoms with Gasteiger partial charge in [0.2, 0.25) is 0 Å². The molecule has 8 aromatic carbocycles. The Hall–Kier alpha value is -7.22. The predicted octanol–water partition coefficient (Wildman–Crippen LogP) is 15.8. The van der Waals surface area contributed by atoms with Crippen LogP contribution in [0.5, 0.6) is 0 Å². The smallest absolute Gasteiger partial charge is 0.0462 e. The highest BCUT2D eigenvalue weighted by Crippen LogP contribution is 2.40. The lowest BCUT2D eigenvalue weighted by atomic mass is 9.91. The standard InChI is InChI=1S/C56H43N/c1-2-3-14-41-15-12-22-48(39-41)42-25-32-50(33-26-42)57(52-36-29-47(30-37-52)54-24-13-21-45-20-10-11-23-53(45)54)51-34-27-43(28-35-51)49-31-38-55(44-16-6-4-7-17-44)56(40-49)46-18-8-5-9-19-46/h2-11,13-21,23-40H,1,12,22H2/b14-3-. The molecular formula is C56H43N. The quantitative estimate of drug-likeness (QED) is 0.127. The van der Waals surface area contributed by atoms with Crippen LogP contribution in [0.3, 0.4) is 0 Å². The Bertz CT molecular complexity index is 2750. The molecule has 0 aromatic heterocycles. The van der Waals surface area contributed by atoms with E-state index >= 15 is 0 Å². The second kappa shape index (κ2) is 16.3. The van der Waals surface area contributed by atoms with Gasteiger partial charge in [0.25, 0.3) is 0 Å². The molecule has 0 aliphatic heterocycles. The highest BCUT2D eigenvalue weighted by atomic mass is 15.1. The molecule has 1 aliphatic rings. The van der Waals surface area contributed by atoms with Crippen LogP contribution in [0.4, 0.5) is 17.1 Å². The summed E-state index contributed by atoms with van der Waals surface area (Å²) in [5, 5.41) is 2.51. The zero-order valence-electron chi connectivity index (χ0n) is 31.9. The minimum absolute atomic E-state index is 1.03. The maximum atomic E-state index is 3.84. The van der Waals surface area contributed by atoms with E-state index in [9.17, 15) is 0 Å². The van der Waals surface area contributed by atoms with Gasteiger partial charge in [-0.1, -0.05) is 189 Å². The van der Waals surface area contributed by atoms with Gasteiger partial charge in [-0.2, -0.15) is 0 Å². The van der Waals surface area contributed by atoms with Gasteiger partial charge in [-0.25, -0.2) is 0 Å². The van der Waals surface area contributed by atoms with Crippen LogP contribution in [0.2, 0.25) is 0 Å². The summed E-state index contributed by atoms with van der Waals surface area (Å²) in [7, 11) is 0. The summed E-state index contributed by atoms with van der Waals surface area (Å²) in [6.07, 6.45) is 12.6. The van der Waals surface area contributed by atoms with E-state index in [4.69, 9.17) is 0 Å². The van der Waals surface area contributed by atoms with E-state index in [-0.39, 0.29) is 0 Å². The lowest BCUT2D eigenvalue weighted by Gasteiger charge is -2.26. The number of hydrogen-bond acceptors (Lipinski definition) is 1. The second-order valence-corrected chi connectivity index (χ2v) is 14.5. The zero-order chi connectivity index (χ0) is 38.4. The third kappa shape index (κ3) is 7.57. The molecule has 0 radical (unpaired) electrons. The fraction of sp³-hybridized carbons (Fsp3) is 0.0357. The molecule has 272 valence electrons. The zero-order valence-corrected chi connectivity index (χ0v) is 31.9. The maximum absolute atomic E-state index is 3.84. The first-order valence-corrected chi connectivity index (χ1v) is 19.8. The van der Waals surface area contributed by atoms with Crippen LogP contribution in [0.1, 0.15) is 18.4 Å². The number of anilines is 3. The minimum Gasteiger partial charge on any atom is -0.311 e. The Kier molecular flexibility index (Phi) is 10.1. The van der Waals surface area contributed by atoms with E-state index in [0.29, 0.717) is 0 Å². The highest BCUT2D eigenvalue weighted by molar-refractivity contribution is 5.97. The summed E-state index contributed by atoms with van der Waals surface area (Å²) in [5.41, 5.74) is 16.9. The van der Waals surface area contributed by atoms with E-state index in [1.54, 1.807) is 0 Å². The molecule has 0 heterocycles. The van der Waals surface area contributed by atoms with Crippen LogP contribution in [0.15, 0.2) is 237 Å². The van der Waals surface area contributed by atoms with Gasteiger partial charge in [-0.3, -0.25) is 0 Å². The largest absolute Gasteiger partial charge is 0.311 e. The van der Waals surface area contributed by atoms with Crippen molar-refractivity contribution in [3.63, 3.8) is 0 Å². The summed E-state index contributed by atoms with van der Waals surface area (Å²) in [6.45, 7) is 3.84. The lowest BCUT2D eigenvalue weighted by Crippen LogP contribution is -2.10. The molecule has 1 nitrogen and oxygen atoms in total. The molecule has 0 fully saturated rings. The number of benzene rings is 8. The number of allylic oxidation sites excluding steroid dienone is 7. The molecule has 9 rings (SSSR count). The van der Waals surface area contributed by atoms with E-state index in [2.05, 4.69) is 224 Å². The van der Waals surface area contributed by atoms with Crippen molar-refractivity contribution in [2.75, 3.05) is 4.90 Å². The predicted molar refractivity (Wildman–Crippen MR) is 245 cm³/mol. The molecule has 0 unspecified atom stereocenters. The van der Waals surface area contributed by atoms with Crippen molar-refractivity contribution in [2.24, 2.45) is 0 Å². The van der Waals surface area contributed by atoms with Crippen LogP contribution in [-0.2, 0) is 0 Å². The molecule has 0 saturated heterocycles. The third-order valence-electron chi connectivity index (χ3n) is 10.9. The molecular weight excluding hydrogens is 687 g/mol. The van der Waals surface area contributed by atoms with Crippen molar-refractivity contribution in [3.8, 4) is 44.5 Å². The Balaban J connectivity index is 1.09. The van der Waals surface area contributed by atoms with Gasteiger partial charge in [0.1, 0.15) is 0 Å². The first kappa shape index (κ1) is 35.5. The van der Waals surface area contributed by atoms with Gasteiger partial charge in [0, 0.05) is 17.1 Å².